The van der Waals surface area contributed by atoms with E-state index in [0.29, 0.717) is 17.1 Å². The zero-order valence-corrected chi connectivity index (χ0v) is 9.56. The van der Waals surface area contributed by atoms with Crippen LogP contribution < -0.4 is 10.1 Å². The number of methoxy groups -OCH3 is 1. The predicted molar refractivity (Wildman–Crippen MR) is 62.2 cm³/mol. The zero-order chi connectivity index (χ0) is 12.3. The van der Waals surface area contributed by atoms with E-state index in [1.807, 2.05) is 12.1 Å². The van der Waals surface area contributed by atoms with E-state index in [1.54, 1.807) is 32.2 Å². The number of nitrogens with one attached hydrogen (secondary N) is 1. The normalized spacial score (nSPS) is 10.0. The summed E-state index contributed by atoms with van der Waals surface area (Å²) in [6.07, 6.45) is 0. The molecule has 1 heterocycles. The molecule has 5 nitrogen and oxygen atoms in total. The number of aryl methyl sites for hydroxylation is 1. The molecular formula is C12H12N2O3. The highest BCUT2D eigenvalue weighted by molar-refractivity contribution is 6.03. The Morgan fingerprint density at radius 1 is 1.41 bits per heavy atom. The molecule has 5 heteroatoms. The van der Waals surface area contributed by atoms with Gasteiger partial charge in [-0.3, -0.25) is 4.79 Å². The number of carbonyl (C=O) groups excluding carboxylic acids is 1. The lowest BCUT2D eigenvalue weighted by molar-refractivity contribution is 0.0987. The van der Waals surface area contributed by atoms with Crippen LogP contribution in [0.3, 0.4) is 0 Å². The van der Waals surface area contributed by atoms with Gasteiger partial charge in [0.25, 0.3) is 5.91 Å². The van der Waals surface area contributed by atoms with E-state index in [0.717, 1.165) is 0 Å². The van der Waals surface area contributed by atoms with Gasteiger partial charge in [-0.2, -0.15) is 0 Å². The Kier molecular flexibility index (Phi) is 3.09. The van der Waals surface area contributed by atoms with Crippen molar-refractivity contribution in [2.45, 2.75) is 6.92 Å². The van der Waals surface area contributed by atoms with Gasteiger partial charge in [0.15, 0.2) is 0 Å². The number of rotatable bonds is 3. The standard InChI is InChI=1S/C12H12N2O3/c1-8-7-11(17-14-8)12(15)13-9-5-3-4-6-10(9)16-2/h3-7H,1-2H3,(H,13,15). The molecule has 0 unspecified atom stereocenters. The highest BCUT2D eigenvalue weighted by Gasteiger charge is 2.13. The maximum atomic E-state index is 11.8. The number of amides is 1. The van der Waals surface area contributed by atoms with Crippen LogP contribution in [0.5, 0.6) is 5.75 Å². The number of hydrogen-bond donors (Lipinski definition) is 1. The number of carbonyl (C=O) groups is 1. The third kappa shape index (κ3) is 2.44. The van der Waals surface area contributed by atoms with Gasteiger partial charge >= 0.3 is 0 Å². The van der Waals surface area contributed by atoms with Crippen LogP contribution in [0.2, 0.25) is 0 Å². The SMILES string of the molecule is COc1ccccc1NC(=O)c1cc(C)no1. The van der Waals surface area contributed by atoms with Crippen LogP contribution in [0.25, 0.3) is 0 Å². The summed E-state index contributed by atoms with van der Waals surface area (Å²) in [6.45, 7) is 1.75. The Morgan fingerprint density at radius 2 is 2.18 bits per heavy atom. The molecule has 0 saturated carbocycles. The molecule has 2 aromatic rings. The fourth-order valence-corrected chi connectivity index (χ4v) is 1.40. The summed E-state index contributed by atoms with van der Waals surface area (Å²) in [6, 6.07) is 8.73. The molecule has 0 aliphatic rings. The molecular weight excluding hydrogens is 220 g/mol. The molecule has 1 amide bonds. The first-order valence-electron chi connectivity index (χ1n) is 5.08. The first-order chi connectivity index (χ1) is 8.20. The summed E-state index contributed by atoms with van der Waals surface area (Å²) < 4.78 is 10.00. The highest BCUT2D eigenvalue weighted by Crippen LogP contribution is 2.23. The van der Waals surface area contributed by atoms with E-state index in [1.165, 1.54) is 0 Å². The summed E-state index contributed by atoms with van der Waals surface area (Å²) in [4.78, 5) is 11.8. The van der Waals surface area contributed by atoms with Gasteiger partial charge in [-0.25, -0.2) is 0 Å². The number of aromatic nitrogens is 1. The van der Waals surface area contributed by atoms with Crippen LogP contribution in [-0.2, 0) is 0 Å². The largest absolute Gasteiger partial charge is 0.495 e. The van der Waals surface area contributed by atoms with Gasteiger partial charge in [0.1, 0.15) is 5.75 Å². The molecule has 1 N–H and O–H groups in total. The average Bonchev–Trinajstić information content (AvgIpc) is 2.77. The van der Waals surface area contributed by atoms with Crippen molar-refractivity contribution in [1.82, 2.24) is 5.16 Å². The molecule has 1 aromatic heterocycles. The Morgan fingerprint density at radius 3 is 2.82 bits per heavy atom. The Labute approximate surface area is 98.4 Å². The van der Waals surface area contributed by atoms with Crippen LogP contribution in [-0.4, -0.2) is 18.2 Å². The maximum Gasteiger partial charge on any atom is 0.294 e. The third-order valence-corrected chi connectivity index (χ3v) is 2.21. The fraction of sp³-hybridized carbons (Fsp3) is 0.167. The number of nitrogens with zero attached hydrogens (tertiary/aromatic N) is 1. The van der Waals surface area contributed by atoms with E-state index in [4.69, 9.17) is 9.26 Å². The molecule has 0 radical (unpaired) electrons. The quantitative estimate of drug-likeness (QED) is 0.881. The van der Waals surface area contributed by atoms with Gasteiger partial charge in [0.05, 0.1) is 18.5 Å². The molecule has 0 atom stereocenters. The second-order valence-electron chi connectivity index (χ2n) is 3.49. The van der Waals surface area contributed by atoms with Crippen molar-refractivity contribution in [2.24, 2.45) is 0 Å². The molecule has 17 heavy (non-hydrogen) atoms. The van der Waals surface area contributed by atoms with Crippen molar-refractivity contribution < 1.29 is 14.1 Å². The summed E-state index contributed by atoms with van der Waals surface area (Å²) in [5.74, 6) is 0.417. The van der Waals surface area contributed by atoms with Crippen LogP contribution in [0.4, 0.5) is 5.69 Å². The molecule has 0 spiro atoms. The van der Waals surface area contributed by atoms with Crippen LogP contribution in [0.15, 0.2) is 34.9 Å². The first kappa shape index (κ1) is 11.2. The number of ether oxygens (including phenoxy) is 1. The molecule has 88 valence electrons. The van der Waals surface area contributed by atoms with Crippen molar-refractivity contribution in [3.63, 3.8) is 0 Å². The van der Waals surface area contributed by atoms with Crippen molar-refractivity contribution in [3.8, 4) is 5.75 Å². The van der Waals surface area contributed by atoms with E-state index >= 15 is 0 Å². The molecule has 1 aromatic carbocycles. The van der Waals surface area contributed by atoms with Gasteiger partial charge in [0, 0.05) is 6.07 Å². The number of hydrogen-bond acceptors (Lipinski definition) is 4. The second kappa shape index (κ2) is 4.69. The lowest BCUT2D eigenvalue weighted by atomic mass is 10.3. The monoisotopic (exact) mass is 232 g/mol. The van der Waals surface area contributed by atoms with Gasteiger partial charge in [-0.15, -0.1) is 0 Å². The number of para-hydroxylation sites is 2. The Balaban J connectivity index is 2.18. The first-order valence-corrected chi connectivity index (χ1v) is 5.08. The summed E-state index contributed by atoms with van der Waals surface area (Å²) >= 11 is 0. The lowest BCUT2D eigenvalue weighted by Crippen LogP contribution is -2.11. The summed E-state index contributed by atoms with van der Waals surface area (Å²) in [5, 5.41) is 6.35. The minimum atomic E-state index is -0.352. The van der Waals surface area contributed by atoms with Gasteiger partial charge < -0.3 is 14.6 Å². The third-order valence-electron chi connectivity index (χ3n) is 2.21. The summed E-state index contributed by atoms with van der Waals surface area (Å²) in [5.41, 5.74) is 1.25. The zero-order valence-electron chi connectivity index (χ0n) is 9.56. The second-order valence-corrected chi connectivity index (χ2v) is 3.49. The topological polar surface area (TPSA) is 64.4 Å². The lowest BCUT2D eigenvalue weighted by Gasteiger charge is -2.07. The van der Waals surface area contributed by atoms with Crippen LogP contribution in [0.1, 0.15) is 16.2 Å². The van der Waals surface area contributed by atoms with Crippen molar-refractivity contribution in [3.05, 3.63) is 41.8 Å². The van der Waals surface area contributed by atoms with Gasteiger partial charge in [-0.05, 0) is 19.1 Å². The average molecular weight is 232 g/mol. The predicted octanol–water partition coefficient (Wildman–Crippen LogP) is 2.24. The maximum absolute atomic E-state index is 11.8. The van der Waals surface area contributed by atoms with Gasteiger partial charge in [-0.1, -0.05) is 17.3 Å². The molecule has 0 saturated heterocycles. The molecule has 0 fully saturated rings. The Bertz CT molecular complexity index is 534. The Hall–Kier alpha value is -2.30. The highest BCUT2D eigenvalue weighted by atomic mass is 16.5. The van der Waals surface area contributed by atoms with Crippen LogP contribution in [0, 0.1) is 6.92 Å². The number of anilines is 1. The number of benzene rings is 1. The van der Waals surface area contributed by atoms with Crippen molar-refractivity contribution in [2.75, 3.05) is 12.4 Å². The van der Waals surface area contributed by atoms with Gasteiger partial charge in [0.2, 0.25) is 5.76 Å². The van der Waals surface area contributed by atoms with E-state index in [2.05, 4.69) is 10.5 Å². The molecule has 0 bridgehead atoms. The fourth-order valence-electron chi connectivity index (χ4n) is 1.40. The summed E-state index contributed by atoms with van der Waals surface area (Å²) in [7, 11) is 1.55. The van der Waals surface area contributed by atoms with Crippen molar-refractivity contribution >= 4 is 11.6 Å². The minimum absolute atomic E-state index is 0.174. The van der Waals surface area contributed by atoms with Crippen molar-refractivity contribution in [1.29, 1.82) is 0 Å². The van der Waals surface area contributed by atoms with Crippen LogP contribution >= 0.6 is 0 Å². The molecule has 0 aliphatic heterocycles. The minimum Gasteiger partial charge on any atom is -0.495 e. The molecule has 0 aliphatic carbocycles. The van der Waals surface area contributed by atoms with E-state index in [-0.39, 0.29) is 11.7 Å². The smallest absolute Gasteiger partial charge is 0.294 e. The molecule has 2 rings (SSSR count). The van der Waals surface area contributed by atoms with E-state index in [9.17, 15) is 4.79 Å². The van der Waals surface area contributed by atoms with E-state index < -0.39 is 0 Å².